The molecule has 1 unspecified atom stereocenters. The van der Waals surface area contributed by atoms with Gasteiger partial charge in [-0.2, -0.15) is 0 Å². The van der Waals surface area contributed by atoms with Crippen molar-refractivity contribution in [2.75, 3.05) is 7.11 Å². The van der Waals surface area contributed by atoms with Gasteiger partial charge in [0.1, 0.15) is 5.76 Å². The van der Waals surface area contributed by atoms with Crippen LogP contribution in [0.1, 0.15) is 13.8 Å². The van der Waals surface area contributed by atoms with Crippen molar-refractivity contribution in [2.45, 2.75) is 13.8 Å². The monoisotopic (exact) mass is 138 g/mol. The molecular weight excluding hydrogens is 124 g/mol. The van der Waals surface area contributed by atoms with Gasteiger partial charge in [0, 0.05) is 0 Å². The zero-order chi connectivity index (χ0) is 7.56. The number of hydrogen-bond acceptors (Lipinski definition) is 1. The van der Waals surface area contributed by atoms with Crippen LogP contribution in [-0.4, -0.2) is 7.11 Å². The summed E-state index contributed by atoms with van der Waals surface area (Å²) in [7, 11) is 1.71. The first-order valence-corrected chi connectivity index (χ1v) is 3.68. The fourth-order valence-electron chi connectivity index (χ4n) is 1.02. The van der Waals surface area contributed by atoms with Crippen LogP contribution in [0.4, 0.5) is 0 Å². The summed E-state index contributed by atoms with van der Waals surface area (Å²) in [6.07, 6.45) is 6.37. The number of hydrogen-bond donors (Lipinski definition) is 0. The van der Waals surface area contributed by atoms with Crippen LogP contribution in [0.25, 0.3) is 0 Å². The fourth-order valence-corrected chi connectivity index (χ4v) is 1.02. The lowest BCUT2D eigenvalue weighted by atomic mass is 9.91. The van der Waals surface area contributed by atoms with Crippen LogP contribution in [0.15, 0.2) is 24.0 Å². The van der Waals surface area contributed by atoms with Crippen LogP contribution in [0, 0.1) is 11.8 Å². The number of methoxy groups -OCH3 is 1. The SMILES string of the molecule is COC1=CC(C)[C@H](C)C=C1. The van der Waals surface area contributed by atoms with E-state index in [9.17, 15) is 0 Å². The maximum absolute atomic E-state index is 5.08. The Labute approximate surface area is 62.4 Å². The summed E-state index contributed by atoms with van der Waals surface area (Å²) in [6, 6.07) is 0. The number of allylic oxidation sites excluding steroid dienone is 3. The van der Waals surface area contributed by atoms with Crippen molar-refractivity contribution in [3.05, 3.63) is 24.0 Å². The lowest BCUT2D eigenvalue weighted by Gasteiger charge is -2.17. The second-order valence-corrected chi connectivity index (χ2v) is 2.85. The first-order chi connectivity index (χ1) is 4.74. The molecule has 1 aliphatic rings. The van der Waals surface area contributed by atoms with Crippen LogP contribution in [-0.2, 0) is 4.74 Å². The van der Waals surface area contributed by atoms with Gasteiger partial charge in [0.15, 0.2) is 0 Å². The molecule has 0 fully saturated rings. The largest absolute Gasteiger partial charge is 0.497 e. The molecule has 0 N–H and O–H groups in total. The average molecular weight is 138 g/mol. The van der Waals surface area contributed by atoms with Crippen LogP contribution < -0.4 is 0 Å². The molecule has 0 bridgehead atoms. The minimum Gasteiger partial charge on any atom is -0.497 e. The molecule has 0 aromatic heterocycles. The molecule has 0 aromatic carbocycles. The molecule has 0 saturated heterocycles. The molecule has 0 aliphatic heterocycles. The topological polar surface area (TPSA) is 9.23 Å². The van der Waals surface area contributed by atoms with Crippen molar-refractivity contribution in [3.63, 3.8) is 0 Å². The van der Waals surface area contributed by atoms with E-state index in [1.54, 1.807) is 7.11 Å². The third kappa shape index (κ3) is 1.41. The minimum atomic E-state index is 0.611. The van der Waals surface area contributed by atoms with Crippen molar-refractivity contribution >= 4 is 0 Å². The van der Waals surface area contributed by atoms with Crippen molar-refractivity contribution in [1.82, 2.24) is 0 Å². The van der Waals surface area contributed by atoms with Crippen LogP contribution in [0.5, 0.6) is 0 Å². The van der Waals surface area contributed by atoms with E-state index in [0.29, 0.717) is 11.8 Å². The number of ether oxygens (including phenoxy) is 1. The average Bonchev–Trinajstić information content (AvgIpc) is 1.95. The normalized spacial score (nSPS) is 31.7. The first kappa shape index (κ1) is 7.39. The van der Waals surface area contributed by atoms with E-state index in [2.05, 4.69) is 26.0 Å². The molecule has 1 rings (SSSR count). The summed E-state index contributed by atoms with van der Waals surface area (Å²) < 4.78 is 5.08. The molecule has 1 nitrogen and oxygen atoms in total. The highest BCUT2D eigenvalue weighted by atomic mass is 16.5. The smallest absolute Gasteiger partial charge is 0.114 e. The highest BCUT2D eigenvalue weighted by Gasteiger charge is 2.11. The van der Waals surface area contributed by atoms with Gasteiger partial charge >= 0.3 is 0 Å². The molecule has 0 saturated carbocycles. The zero-order valence-electron chi connectivity index (χ0n) is 6.79. The summed E-state index contributed by atoms with van der Waals surface area (Å²) in [4.78, 5) is 0. The van der Waals surface area contributed by atoms with Crippen molar-refractivity contribution in [1.29, 1.82) is 0 Å². The van der Waals surface area contributed by atoms with Gasteiger partial charge in [0.25, 0.3) is 0 Å². The predicted molar refractivity (Wildman–Crippen MR) is 42.6 cm³/mol. The van der Waals surface area contributed by atoms with Gasteiger partial charge in [-0.1, -0.05) is 19.9 Å². The summed E-state index contributed by atoms with van der Waals surface area (Å²) in [5.41, 5.74) is 0. The Kier molecular flexibility index (Phi) is 2.15. The van der Waals surface area contributed by atoms with Gasteiger partial charge < -0.3 is 4.74 Å². The number of rotatable bonds is 1. The molecule has 0 aromatic rings. The Balaban J connectivity index is 2.66. The lowest BCUT2D eigenvalue weighted by Crippen LogP contribution is -2.07. The standard InChI is InChI=1S/C9H14O/c1-7-4-5-9(10-3)6-8(7)2/h4-8H,1-3H3/t7-,8?/m1/s1. The van der Waals surface area contributed by atoms with Crippen molar-refractivity contribution < 1.29 is 4.74 Å². The summed E-state index contributed by atoms with van der Waals surface area (Å²) >= 11 is 0. The third-order valence-electron chi connectivity index (χ3n) is 2.06. The van der Waals surface area contributed by atoms with Crippen LogP contribution >= 0.6 is 0 Å². The van der Waals surface area contributed by atoms with Crippen molar-refractivity contribution in [2.24, 2.45) is 11.8 Å². The second kappa shape index (κ2) is 2.91. The first-order valence-electron chi connectivity index (χ1n) is 3.68. The Morgan fingerprint density at radius 1 is 1.30 bits per heavy atom. The molecule has 10 heavy (non-hydrogen) atoms. The van der Waals surface area contributed by atoms with Gasteiger partial charge in [0.05, 0.1) is 7.11 Å². The Morgan fingerprint density at radius 2 is 2.00 bits per heavy atom. The van der Waals surface area contributed by atoms with E-state index in [1.165, 1.54) is 0 Å². The predicted octanol–water partition coefficient (Wildman–Crippen LogP) is 2.36. The Bertz CT molecular complexity index is 168. The van der Waals surface area contributed by atoms with E-state index in [-0.39, 0.29) is 0 Å². The maximum atomic E-state index is 5.08. The molecule has 0 radical (unpaired) electrons. The van der Waals surface area contributed by atoms with E-state index >= 15 is 0 Å². The highest BCUT2D eigenvalue weighted by molar-refractivity contribution is 5.19. The molecular formula is C9H14O. The van der Waals surface area contributed by atoms with Gasteiger partial charge in [-0.05, 0) is 24.0 Å². The summed E-state index contributed by atoms with van der Waals surface area (Å²) in [5.74, 6) is 2.25. The fraction of sp³-hybridized carbons (Fsp3) is 0.556. The van der Waals surface area contributed by atoms with Gasteiger partial charge in [-0.3, -0.25) is 0 Å². The lowest BCUT2D eigenvalue weighted by molar-refractivity contribution is 0.296. The minimum absolute atomic E-state index is 0.611. The maximum Gasteiger partial charge on any atom is 0.114 e. The third-order valence-corrected chi connectivity index (χ3v) is 2.06. The van der Waals surface area contributed by atoms with Gasteiger partial charge in [0.2, 0.25) is 0 Å². The molecule has 1 aliphatic carbocycles. The molecule has 0 spiro atoms. The Morgan fingerprint density at radius 3 is 2.50 bits per heavy atom. The van der Waals surface area contributed by atoms with E-state index in [4.69, 9.17) is 4.74 Å². The molecule has 0 amide bonds. The van der Waals surface area contributed by atoms with Gasteiger partial charge in [-0.25, -0.2) is 0 Å². The van der Waals surface area contributed by atoms with Gasteiger partial charge in [-0.15, -0.1) is 0 Å². The zero-order valence-corrected chi connectivity index (χ0v) is 6.79. The molecule has 2 atom stereocenters. The highest BCUT2D eigenvalue weighted by Crippen LogP contribution is 2.21. The van der Waals surface area contributed by atoms with E-state index in [0.717, 1.165) is 5.76 Å². The molecule has 56 valence electrons. The summed E-state index contributed by atoms with van der Waals surface area (Å²) in [5, 5.41) is 0. The molecule has 0 heterocycles. The summed E-state index contributed by atoms with van der Waals surface area (Å²) in [6.45, 7) is 4.41. The quantitative estimate of drug-likeness (QED) is 0.540. The van der Waals surface area contributed by atoms with Crippen LogP contribution in [0.3, 0.4) is 0 Å². The Hall–Kier alpha value is -0.720. The van der Waals surface area contributed by atoms with Crippen LogP contribution in [0.2, 0.25) is 0 Å². The van der Waals surface area contributed by atoms with Crippen molar-refractivity contribution in [3.8, 4) is 0 Å². The molecule has 1 heteroatoms. The van der Waals surface area contributed by atoms with E-state index < -0.39 is 0 Å². The second-order valence-electron chi connectivity index (χ2n) is 2.85. The van der Waals surface area contributed by atoms with E-state index in [1.807, 2.05) is 6.08 Å².